The Morgan fingerprint density at radius 1 is 1.00 bits per heavy atom. The average Bonchev–Trinajstić information content (AvgIpc) is 2.61. The third kappa shape index (κ3) is 3.46. The van der Waals surface area contributed by atoms with Crippen molar-refractivity contribution in [2.45, 2.75) is 22.6 Å². The number of hydrogen-bond donors (Lipinski definition) is 1. The molecule has 1 N–H and O–H groups in total. The van der Waals surface area contributed by atoms with Crippen LogP contribution in [0.1, 0.15) is 12.0 Å². The van der Waals surface area contributed by atoms with Gasteiger partial charge in [0.1, 0.15) is 0 Å². The number of fused-ring (bicyclic) bond motifs is 1. The molecule has 2 aromatic carbocycles. The minimum atomic E-state index is -3.75. The zero-order valence-electron chi connectivity index (χ0n) is 13.4. The van der Waals surface area contributed by atoms with E-state index in [9.17, 15) is 16.8 Å². The predicted octanol–water partition coefficient (Wildman–Crippen LogP) is 2.50. The van der Waals surface area contributed by atoms with Gasteiger partial charge in [-0.2, -0.15) is 0 Å². The summed E-state index contributed by atoms with van der Waals surface area (Å²) in [5.74, 6) is 0. The van der Waals surface area contributed by atoms with Crippen LogP contribution in [0.4, 0.5) is 5.69 Å². The molecule has 0 radical (unpaired) electrons. The van der Waals surface area contributed by atoms with Crippen molar-refractivity contribution in [1.82, 2.24) is 4.72 Å². The Bertz CT molecular complexity index is 1000. The van der Waals surface area contributed by atoms with E-state index in [0.29, 0.717) is 12.2 Å². The molecule has 0 aliphatic carbocycles. The Morgan fingerprint density at radius 2 is 1.64 bits per heavy atom. The second-order valence-electron chi connectivity index (χ2n) is 5.63. The third-order valence-corrected chi connectivity index (χ3v) is 7.86. The Kier molecular flexibility index (Phi) is 4.93. The fourth-order valence-electron chi connectivity index (χ4n) is 2.82. The maximum absolute atomic E-state index is 13.0. The van der Waals surface area contributed by atoms with Crippen molar-refractivity contribution in [2.24, 2.45) is 0 Å². The lowest BCUT2D eigenvalue weighted by Gasteiger charge is -2.30. The molecular formula is C16H17BrN2O4S2. The van der Waals surface area contributed by atoms with Gasteiger partial charge in [-0.3, -0.25) is 4.31 Å². The van der Waals surface area contributed by atoms with Crippen LogP contribution in [0.5, 0.6) is 0 Å². The van der Waals surface area contributed by atoms with Crippen LogP contribution in [-0.4, -0.2) is 30.4 Å². The molecule has 0 unspecified atom stereocenters. The Labute approximate surface area is 156 Å². The smallest absolute Gasteiger partial charge is 0.264 e. The molecule has 6 nitrogen and oxygen atoms in total. The van der Waals surface area contributed by atoms with E-state index in [2.05, 4.69) is 20.7 Å². The van der Waals surface area contributed by atoms with Crippen LogP contribution >= 0.6 is 15.9 Å². The number of nitrogens with zero attached hydrogens (tertiary/aromatic N) is 1. The van der Waals surface area contributed by atoms with E-state index >= 15 is 0 Å². The van der Waals surface area contributed by atoms with Crippen molar-refractivity contribution < 1.29 is 16.8 Å². The first-order valence-corrected chi connectivity index (χ1v) is 11.3. The number of aryl methyl sites for hydroxylation is 1. The van der Waals surface area contributed by atoms with Gasteiger partial charge in [0, 0.05) is 11.0 Å². The van der Waals surface area contributed by atoms with Gasteiger partial charge >= 0.3 is 0 Å². The zero-order chi connectivity index (χ0) is 18.2. The van der Waals surface area contributed by atoms with Crippen LogP contribution in [0.15, 0.2) is 56.7 Å². The van der Waals surface area contributed by atoms with E-state index in [-0.39, 0.29) is 9.79 Å². The summed E-state index contributed by atoms with van der Waals surface area (Å²) in [6, 6.07) is 10.8. The normalized spacial score (nSPS) is 15.0. The largest absolute Gasteiger partial charge is 0.266 e. The standard InChI is InChI=1S/C16H17BrN2O4S2/c1-18-24(20,21)14-5-7-15(8-6-14)25(22,23)19-10-2-3-12-11-13(17)4-9-16(12)19/h4-9,11,18H,2-3,10H2,1H3. The Morgan fingerprint density at radius 3 is 2.28 bits per heavy atom. The molecule has 1 aliphatic heterocycles. The summed E-state index contributed by atoms with van der Waals surface area (Å²) in [5.41, 5.74) is 1.64. The Hall–Kier alpha value is -1.42. The van der Waals surface area contributed by atoms with Crippen LogP contribution in [-0.2, 0) is 26.5 Å². The molecule has 0 spiro atoms. The number of sulfonamides is 2. The number of halogens is 1. The van der Waals surface area contributed by atoms with Crippen molar-refractivity contribution in [1.29, 1.82) is 0 Å². The van der Waals surface area contributed by atoms with Gasteiger partial charge in [-0.15, -0.1) is 0 Å². The van der Waals surface area contributed by atoms with Crippen LogP contribution in [0.3, 0.4) is 0 Å². The molecule has 1 aliphatic rings. The van der Waals surface area contributed by atoms with Crippen molar-refractivity contribution >= 4 is 41.7 Å². The van der Waals surface area contributed by atoms with E-state index in [4.69, 9.17) is 0 Å². The van der Waals surface area contributed by atoms with Gasteiger partial charge in [0.25, 0.3) is 10.0 Å². The van der Waals surface area contributed by atoms with Crippen LogP contribution in [0, 0.1) is 0 Å². The fourth-order valence-corrected chi connectivity index (χ4v) is 5.50. The highest BCUT2D eigenvalue weighted by Crippen LogP contribution is 2.33. The molecule has 1 heterocycles. The van der Waals surface area contributed by atoms with Crippen molar-refractivity contribution in [3.63, 3.8) is 0 Å². The number of nitrogens with one attached hydrogen (secondary N) is 1. The molecule has 0 aromatic heterocycles. The molecule has 0 bridgehead atoms. The highest BCUT2D eigenvalue weighted by molar-refractivity contribution is 9.10. The molecule has 9 heteroatoms. The molecule has 0 saturated heterocycles. The number of hydrogen-bond acceptors (Lipinski definition) is 4. The van der Waals surface area contributed by atoms with Crippen molar-refractivity contribution in [2.75, 3.05) is 17.9 Å². The minimum Gasteiger partial charge on any atom is -0.266 e. The SMILES string of the molecule is CNS(=O)(=O)c1ccc(S(=O)(=O)N2CCCc3cc(Br)ccc32)cc1. The van der Waals surface area contributed by atoms with Crippen molar-refractivity contribution in [3.8, 4) is 0 Å². The molecule has 3 rings (SSSR count). The summed E-state index contributed by atoms with van der Waals surface area (Å²) in [4.78, 5) is 0.0928. The first-order chi connectivity index (χ1) is 11.8. The van der Waals surface area contributed by atoms with Gasteiger partial charge in [-0.1, -0.05) is 15.9 Å². The van der Waals surface area contributed by atoms with Crippen LogP contribution in [0.25, 0.3) is 0 Å². The first-order valence-electron chi connectivity index (χ1n) is 7.60. The number of benzene rings is 2. The fraction of sp³-hybridized carbons (Fsp3) is 0.250. The molecule has 25 heavy (non-hydrogen) atoms. The molecule has 0 atom stereocenters. The summed E-state index contributed by atoms with van der Waals surface area (Å²) in [5, 5.41) is 0. The average molecular weight is 445 g/mol. The lowest BCUT2D eigenvalue weighted by atomic mass is 10.0. The maximum Gasteiger partial charge on any atom is 0.264 e. The topological polar surface area (TPSA) is 83.5 Å². The van der Waals surface area contributed by atoms with Gasteiger partial charge in [-0.05, 0) is 67.9 Å². The first kappa shape index (κ1) is 18.4. The quantitative estimate of drug-likeness (QED) is 0.784. The van der Waals surface area contributed by atoms with E-state index in [1.807, 2.05) is 12.1 Å². The summed E-state index contributed by atoms with van der Waals surface area (Å²) in [6.07, 6.45) is 1.55. The summed E-state index contributed by atoms with van der Waals surface area (Å²) in [6.45, 7) is 0.396. The summed E-state index contributed by atoms with van der Waals surface area (Å²) >= 11 is 3.41. The van der Waals surface area contributed by atoms with Gasteiger partial charge in [-0.25, -0.2) is 21.6 Å². The second-order valence-corrected chi connectivity index (χ2v) is 10.3. The zero-order valence-corrected chi connectivity index (χ0v) is 16.7. The maximum atomic E-state index is 13.0. The van der Waals surface area contributed by atoms with Gasteiger partial charge in [0.05, 0.1) is 15.5 Å². The van der Waals surface area contributed by atoms with E-state index in [1.165, 1.54) is 35.6 Å². The van der Waals surface area contributed by atoms with Crippen LogP contribution in [0.2, 0.25) is 0 Å². The van der Waals surface area contributed by atoms with E-state index in [1.54, 1.807) is 6.07 Å². The molecule has 0 fully saturated rings. The van der Waals surface area contributed by atoms with Gasteiger partial charge in [0.2, 0.25) is 10.0 Å². The molecule has 0 saturated carbocycles. The molecule has 2 aromatic rings. The molecular weight excluding hydrogens is 428 g/mol. The van der Waals surface area contributed by atoms with Crippen LogP contribution < -0.4 is 9.03 Å². The number of rotatable bonds is 4. The lowest BCUT2D eigenvalue weighted by molar-refractivity contribution is 0.583. The highest BCUT2D eigenvalue weighted by atomic mass is 79.9. The lowest BCUT2D eigenvalue weighted by Crippen LogP contribution is -2.35. The van der Waals surface area contributed by atoms with Gasteiger partial charge in [0.15, 0.2) is 0 Å². The highest BCUT2D eigenvalue weighted by Gasteiger charge is 2.29. The minimum absolute atomic E-state index is 0.0249. The number of anilines is 1. The summed E-state index contributed by atoms with van der Waals surface area (Å²) < 4.78 is 54.1. The van der Waals surface area contributed by atoms with E-state index < -0.39 is 20.0 Å². The predicted molar refractivity (Wildman–Crippen MR) is 99.7 cm³/mol. The van der Waals surface area contributed by atoms with Gasteiger partial charge < -0.3 is 0 Å². The third-order valence-electron chi connectivity index (χ3n) is 4.11. The van der Waals surface area contributed by atoms with E-state index in [0.717, 1.165) is 22.9 Å². The monoisotopic (exact) mass is 444 g/mol. The molecule has 134 valence electrons. The summed E-state index contributed by atoms with van der Waals surface area (Å²) in [7, 11) is -6.05. The molecule has 0 amide bonds. The van der Waals surface area contributed by atoms with Crippen molar-refractivity contribution in [3.05, 3.63) is 52.5 Å². The second kappa shape index (κ2) is 6.71. The Balaban J connectivity index is 2.01.